The fourth-order valence-electron chi connectivity index (χ4n) is 2.63. The zero-order valence-electron chi connectivity index (χ0n) is 12.6. The Bertz CT molecular complexity index is 277. The molecule has 1 rings (SSSR count). The van der Waals surface area contributed by atoms with Gasteiger partial charge in [-0.25, -0.2) is 0 Å². The topological polar surface area (TPSA) is 40.5 Å². The molecule has 0 bridgehead atoms. The van der Waals surface area contributed by atoms with Crippen LogP contribution in [0.25, 0.3) is 0 Å². The Balaban J connectivity index is 2.73. The van der Waals surface area contributed by atoms with Crippen LogP contribution in [0.1, 0.15) is 60.3 Å². The van der Waals surface area contributed by atoms with Gasteiger partial charge in [0.25, 0.3) is 0 Å². The van der Waals surface area contributed by atoms with E-state index in [9.17, 15) is 4.79 Å². The number of carboxylic acid groups (broad SMARTS) is 1. The molecule has 1 saturated carbocycles. The molecule has 0 spiro atoms. The van der Waals surface area contributed by atoms with Gasteiger partial charge in [0, 0.05) is 11.6 Å². The minimum atomic E-state index is -0.708. The van der Waals surface area contributed by atoms with Crippen molar-refractivity contribution >= 4 is 5.97 Å². The molecule has 0 heterocycles. The minimum Gasteiger partial charge on any atom is -0.480 e. The molecule has 0 amide bonds. The number of hydrogen-bond donors (Lipinski definition) is 1. The van der Waals surface area contributed by atoms with Crippen molar-refractivity contribution in [2.75, 3.05) is 6.54 Å². The molecule has 0 saturated heterocycles. The summed E-state index contributed by atoms with van der Waals surface area (Å²) in [5.41, 5.74) is -0.0668. The number of rotatable bonds is 7. The van der Waals surface area contributed by atoms with Crippen LogP contribution >= 0.6 is 0 Å². The van der Waals surface area contributed by atoms with Gasteiger partial charge in [-0.3, -0.25) is 9.69 Å². The van der Waals surface area contributed by atoms with E-state index >= 15 is 0 Å². The molecule has 106 valence electrons. The predicted molar refractivity (Wildman–Crippen MR) is 74.7 cm³/mol. The summed E-state index contributed by atoms with van der Waals surface area (Å²) in [5.74, 6) is 0.709. The van der Waals surface area contributed by atoms with Gasteiger partial charge in [0.1, 0.15) is 0 Å². The van der Waals surface area contributed by atoms with E-state index in [-0.39, 0.29) is 12.1 Å². The SMILES string of the molecule is CC(C)CCC(C1CC1)N(CC(=O)O)C(C)(C)C. The molecule has 1 unspecified atom stereocenters. The first-order valence-corrected chi connectivity index (χ1v) is 7.20. The van der Waals surface area contributed by atoms with E-state index in [1.807, 2.05) is 0 Å². The molecule has 0 aromatic carbocycles. The fraction of sp³-hybridized carbons (Fsp3) is 0.933. The lowest BCUT2D eigenvalue weighted by Crippen LogP contribution is -2.51. The molecular weight excluding hydrogens is 226 g/mol. The van der Waals surface area contributed by atoms with Gasteiger partial charge in [0.15, 0.2) is 0 Å². The van der Waals surface area contributed by atoms with E-state index in [1.54, 1.807) is 0 Å². The quantitative estimate of drug-likeness (QED) is 0.758. The summed E-state index contributed by atoms with van der Waals surface area (Å²) in [6.45, 7) is 11.0. The first kappa shape index (κ1) is 15.5. The zero-order valence-corrected chi connectivity index (χ0v) is 12.6. The Kier molecular flexibility index (Phi) is 5.20. The number of aliphatic carboxylic acids is 1. The summed E-state index contributed by atoms with van der Waals surface area (Å²) in [5, 5.41) is 9.13. The van der Waals surface area contributed by atoms with Gasteiger partial charge in [-0.05, 0) is 58.3 Å². The van der Waals surface area contributed by atoms with Crippen LogP contribution in [-0.2, 0) is 4.79 Å². The van der Waals surface area contributed by atoms with Crippen molar-refractivity contribution in [1.82, 2.24) is 4.90 Å². The largest absolute Gasteiger partial charge is 0.480 e. The van der Waals surface area contributed by atoms with E-state index in [0.29, 0.717) is 12.0 Å². The molecule has 1 atom stereocenters. The Morgan fingerprint density at radius 3 is 2.17 bits per heavy atom. The smallest absolute Gasteiger partial charge is 0.317 e. The second-order valence-electron chi connectivity index (χ2n) is 7.07. The molecule has 1 aliphatic carbocycles. The Morgan fingerprint density at radius 2 is 1.83 bits per heavy atom. The molecule has 3 heteroatoms. The number of nitrogens with zero attached hydrogens (tertiary/aromatic N) is 1. The summed E-state index contributed by atoms with van der Waals surface area (Å²) in [7, 11) is 0. The number of carboxylic acids is 1. The van der Waals surface area contributed by atoms with E-state index in [1.165, 1.54) is 19.3 Å². The van der Waals surface area contributed by atoms with Gasteiger partial charge in [0.05, 0.1) is 6.54 Å². The van der Waals surface area contributed by atoms with Gasteiger partial charge in [-0.1, -0.05) is 13.8 Å². The molecule has 1 fully saturated rings. The Labute approximate surface area is 112 Å². The maximum absolute atomic E-state index is 11.1. The van der Waals surface area contributed by atoms with Gasteiger partial charge >= 0.3 is 5.97 Å². The van der Waals surface area contributed by atoms with Crippen LogP contribution in [-0.4, -0.2) is 34.1 Å². The molecule has 1 aliphatic rings. The maximum atomic E-state index is 11.1. The highest BCUT2D eigenvalue weighted by Crippen LogP contribution is 2.40. The molecular formula is C15H29NO2. The fourth-order valence-corrected chi connectivity index (χ4v) is 2.63. The standard InChI is InChI=1S/C15H29NO2/c1-11(2)6-9-13(12-7-8-12)16(10-14(17)18)15(3,4)5/h11-13H,6-10H2,1-5H3,(H,17,18). The predicted octanol–water partition coefficient (Wildman–Crippen LogP) is 3.39. The third kappa shape index (κ3) is 4.97. The van der Waals surface area contributed by atoms with Crippen molar-refractivity contribution in [1.29, 1.82) is 0 Å². The lowest BCUT2D eigenvalue weighted by atomic mass is 9.94. The molecule has 0 aromatic rings. The third-order valence-electron chi connectivity index (χ3n) is 3.77. The summed E-state index contributed by atoms with van der Waals surface area (Å²) in [6, 6.07) is 0.448. The Morgan fingerprint density at radius 1 is 1.28 bits per heavy atom. The van der Waals surface area contributed by atoms with Crippen LogP contribution in [0.4, 0.5) is 0 Å². The van der Waals surface area contributed by atoms with Crippen LogP contribution in [0.5, 0.6) is 0 Å². The van der Waals surface area contributed by atoms with Crippen molar-refractivity contribution < 1.29 is 9.90 Å². The second kappa shape index (κ2) is 6.05. The third-order valence-corrected chi connectivity index (χ3v) is 3.77. The monoisotopic (exact) mass is 255 g/mol. The van der Waals surface area contributed by atoms with E-state index in [0.717, 1.165) is 12.3 Å². The van der Waals surface area contributed by atoms with Crippen molar-refractivity contribution in [2.24, 2.45) is 11.8 Å². The minimum absolute atomic E-state index is 0.0668. The average molecular weight is 255 g/mol. The average Bonchev–Trinajstić information content (AvgIpc) is 2.97. The van der Waals surface area contributed by atoms with E-state index in [4.69, 9.17) is 5.11 Å². The molecule has 0 aliphatic heterocycles. The van der Waals surface area contributed by atoms with Crippen molar-refractivity contribution in [3.63, 3.8) is 0 Å². The lowest BCUT2D eigenvalue weighted by molar-refractivity contribution is -0.141. The molecule has 0 aromatic heterocycles. The van der Waals surface area contributed by atoms with Gasteiger partial charge < -0.3 is 5.11 Å². The summed E-state index contributed by atoms with van der Waals surface area (Å²) < 4.78 is 0. The highest BCUT2D eigenvalue weighted by atomic mass is 16.4. The lowest BCUT2D eigenvalue weighted by Gasteiger charge is -2.41. The van der Waals surface area contributed by atoms with Crippen LogP contribution in [0.2, 0.25) is 0 Å². The second-order valence-corrected chi connectivity index (χ2v) is 7.07. The maximum Gasteiger partial charge on any atom is 0.317 e. The van der Waals surface area contributed by atoms with E-state index < -0.39 is 5.97 Å². The van der Waals surface area contributed by atoms with Crippen molar-refractivity contribution in [2.45, 2.75) is 71.9 Å². The first-order chi connectivity index (χ1) is 8.21. The highest BCUT2D eigenvalue weighted by Gasteiger charge is 2.39. The van der Waals surface area contributed by atoms with E-state index in [2.05, 4.69) is 39.5 Å². The molecule has 3 nitrogen and oxygen atoms in total. The van der Waals surface area contributed by atoms with Gasteiger partial charge in [-0.15, -0.1) is 0 Å². The normalized spacial score (nSPS) is 18.4. The van der Waals surface area contributed by atoms with Crippen LogP contribution < -0.4 is 0 Å². The molecule has 0 radical (unpaired) electrons. The number of carbonyl (C=O) groups is 1. The van der Waals surface area contributed by atoms with Gasteiger partial charge in [-0.2, -0.15) is 0 Å². The van der Waals surface area contributed by atoms with Crippen LogP contribution in [0.15, 0.2) is 0 Å². The zero-order chi connectivity index (χ0) is 13.9. The van der Waals surface area contributed by atoms with Crippen molar-refractivity contribution in [3.8, 4) is 0 Å². The van der Waals surface area contributed by atoms with Crippen molar-refractivity contribution in [3.05, 3.63) is 0 Å². The first-order valence-electron chi connectivity index (χ1n) is 7.20. The summed E-state index contributed by atoms with van der Waals surface area (Å²) >= 11 is 0. The molecule has 18 heavy (non-hydrogen) atoms. The van der Waals surface area contributed by atoms with Gasteiger partial charge in [0.2, 0.25) is 0 Å². The van der Waals surface area contributed by atoms with Crippen LogP contribution in [0.3, 0.4) is 0 Å². The summed E-state index contributed by atoms with van der Waals surface area (Å²) in [6.07, 6.45) is 4.87. The Hall–Kier alpha value is -0.570. The molecule has 1 N–H and O–H groups in total. The van der Waals surface area contributed by atoms with Crippen LogP contribution in [0, 0.1) is 11.8 Å². The summed E-state index contributed by atoms with van der Waals surface area (Å²) in [4.78, 5) is 13.3. The highest BCUT2D eigenvalue weighted by molar-refractivity contribution is 5.69. The number of hydrogen-bond acceptors (Lipinski definition) is 2.